The van der Waals surface area contributed by atoms with E-state index < -0.39 is 9.84 Å². The largest absolute Gasteiger partial charge is 0.376 e. The van der Waals surface area contributed by atoms with Crippen molar-refractivity contribution in [2.75, 3.05) is 29.9 Å². The lowest BCUT2D eigenvalue weighted by Crippen LogP contribution is -2.43. The van der Waals surface area contributed by atoms with Gasteiger partial charge in [-0.3, -0.25) is 4.79 Å². The van der Waals surface area contributed by atoms with Gasteiger partial charge in [0, 0.05) is 23.3 Å². The standard InChI is InChI=1S/C14H19ClN2O3S/c1-2-17(13-6-7-21(19,20)10-13)14(18)9-16-12-5-3-4-11(15)8-12/h3-5,8,13,16H,2,6-7,9-10H2,1H3. The summed E-state index contributed by atoms with van der Waals surface area (Å²) in [5.74, 6) is 0.145. The molecule has 0 saturated carbocycles. The Bertz CT molecular complexity index is 618. The van der Waals surface area contributed by atoms with Crippen molar-refractivity contribution in [3.63, 3.8) is 0 Å². The highest BCUT2D eigenvalue weighted by Gasteiger charge is 2.33. The maximum absolute atomic E-state index is 12.3. The van der Waals surface area contributed by atoms with E-state index in [4.69, 9.17) is 11.6 Å². The van der Waals surface area contributed by atoms with E-state index in [2.05, 4.69) is 5.32 Å². The molecule has 5 nitrogen and oxygen atoms in total. The molecule has 1 atom stereocenters. The molecule has 0 radical (unpaired) electrons. The van der Waals surface area contributed by atoms with Crippen LogP contribution in [-0.4, -0.2) is 49.9 Å². The van der Waals surface area contributed by atoms with Crippen molar-refractivity contribution in [3.8, 4) is 0 Å². The Balaban J connectivity index is 1.95. The lowest BCUT2D eigenvalue weighted by Gasteiger charge is -2.27. The normalized spacial score (nSPS) is 20.2. The Kier molecular flexibility index (Phi) is 5.11. The fraction of sp³-hybridized carbons (Fsp3) is 0.500. The second-order valence-electron chi connectivity index (χ2n) is 5.10. The molecule has 116 valence electrons. The van der Waals surface area contributed by atoms with E-state index >= 15 is 0 Å². The van der Waals surface area contributed by atoms with Gasteiger partial charge in [0.1, 0.15) is 0 Å². The molecule has 0 bridgehead atoms. The molecule has 7 heteroatoms. The molecule has 2 rings (SSSR count). The van der Waals surface area contributed by atoms with Gasteiger partial charge in [-0.05, 0) is 31.5 Å². The maximum atomic E-state index is 12.3. The van der Waals surface area contributed by atoms with E-state index in [9.17, 15) is 13.2 Å². The third-order valence-electron chi connectivity index (χ3n) is 3.58. The number of amides is 1. The Hall–Kier alpha value is -1.27. The minimum Gasteiger partial charge on any atom is -0.376 e. The molecule has 21 heavy (non-hydrogen) atoms. The first-order valence-electron chi connectivity index (χ1n) is 6.90. The van der Waals surface area contributed by atoms with Crippen LogP contribution in [0.15, 0.2) is 24.3 Å². The first-order valence-corrected chi connectivity index (χ1v) is 9.10. The zero-order valence-electron chi connectivity index (χ0n) is 11.9. The van der Waals surface area contributed by atoms with Crippen molar-refractivity contribution in [2.45, 2.75) is 19.4 Å². The van der Waals surface area contributed by atoms with Gasteiger partial charge in [0.15, 0.2) is 9.84 Å². The molecule has 0 aliphatic carbocycles. The number of benzene rings is 1. The molecular weight excluding hydrogens is 312 g/mol. The van der Waals surface area contributed by atoms with Crippen LogP contribution >= 0.6 is 11.6 Å². The molecule has 1 N–H and O–H groups in total. The van der Waals surface area contributed by atoms with Crippen LogP contribution in [0.4, 0.5) is 5.69 Å². The zero-order valence-corrected chi connectivity index (χ0v) is 13.5. The van der Waals surface area contributed by atoms with Crippen LogP contribution in [0.25, 0.3) is 0 Å². The predicted octanol–water partition coefficient (Wildman–Crippen LogP) is 1.79. The maximum Gasteiger partial charge on any atom is 0.242 e. The first-order chi connectivity index (χ1) is 9.91. The number of likely N-dealkylation sites (N-methyl/N-ethyl adjacent to an activating group) is 1. The van der Waals surface area contributed by atoms with Crippen LogP contribution in [0.5, 0.6) is 0 Å². The zero-order chi connectivity index (χ0) is 15.5. The Labute approximate surface area is 130 Å². The number of nitrogens with zero attached hydrogens (tertiary/aromatic N) is 1. The number of carbonyl (C=O) groups excluding carboxylic acids is 1. The third kappa shape index (κ3) is 4.35. The van der Waals surface area contributed by atoms with E-state index in [-0.39, 0.29) is 30.0 Å². The highest BCUT2D eigenvalue weighted by molar-refractivity contribution is 7.91. The smallest absolute Gasteiger partial charge is 0.242 e. The van der Waals surface area contributed by atoms with Gasteiger partial charge in [-0.1, -0.05) is 17.7 Å². The highest BCUT2D eigenvalue weighted by atomic mass is 35.5. The van der Waals surface area contributed by atoms with Gasteiger partial charge >= 0.3 is 0 Å². The van der Waals surface area contributed by atoms with Gasteiger partial charge in [-0.2, -0.15) is 0 Å². The quantitative estimate of drug-likeness (QED) is 0.893. The van der Waals surface area contributed by atoms with E-state index in [0.29, 0.717) is 18.0 Å². The van der Waals surface area contributed by atoms with E-state index in [0.717, 1.165) is 5.69 Å². The van der Waals surface area contributed by atoms with Crippen molar-refractivity contribution >= 4 is 33.0 Å². The second kappa shape index (κ2) is 6.66. The number of anilines is 1. The SMILES string of the molecule is CCN(C(=O)CNc1cccc(Cl)c1)C1CCS(=O)(=O)C1. The second-order valence-corrected chi connectivity index (χ2v) is 7.77. The molecule has 0 spiro atoms. The van der Waals surface area contributed by atoms with Crippen molar-refractivity contribution in [1.29, 1.82) is 0 Å². The summed E-state index contributed by atoms with van der Waals surface area (Å²) < 4.78 is 23.1. The number of nitrogens with one attached hydrogen (secondary N) is 1. The first kappa shape index (κ1) is 16.1. The average Bonchev–Trinajstić information content (AvgIpc) is 2.77. The molecular formula is C14H19ClN2O3S. The number of hydrogen-bond acceptors (Lipinski definition) is 4. The van der Waals surface area contributed by atoms with Gasteiger partial charge in [-0.15, -0.1) is 0 Å². The van der Waals surface area contributed by atoms with Crippen molar-refractivity contribution in [1.82, 2.24) is 4.90 Å². The average molecular weight is 331 g/mol. The molecule has 1 saturated heterocycles. The van der Waals surface area contributed by atoms with Gasteiger partial charge in [0.05, 0.1) is 18.1 Å². The summed E-state index contributed by atoms with van der Waals surface area (Å²) in [5, 5.41) is 3.62. The number of sulfone groups is 1. The molecule has 1 aliphatic rings. The minimum absolute atomic E-state index is 0.0732. The minimum atomic E-state index is -2.99. The van der Waals surface area contributed by atoms with Crippen LogP contribution in [0, 0.1) is 0 Å². The summed E-state index contributed by atoms with van der Waals surface area (Å²) in [6.45, 7) is 2.50. The lowest BCUT2D eigenvalue weighted by atomic mass is 10.2. The monoisotopic (exact) mass is 330 g/mol. The van der Waals surface area contributed by atoms with Crippen LogP contribution in [0.3, 0.4) is 0 Å². The summed E-state index contributed by atoms with van der Waals surface area (Å²) in [4.78, 5) is 13.9. The predicted molar refractivity (Wildman–Crippen MR) is 84.4 cm³/mol. The topological polar surface area (TPSA) is 66.5 Å². The molecule has 1 heterocycles. The van der Waals surface area contributed by atoms with Crippen LogP contribution in [0.1, 0.15) is 13.3 Å². The molecule has 1 aromatic rings. The van der Waals surface area contributed by atoms with Crippen LogP contribution in [-0.2, 0) is 14.6 Å². The van der Waals surface area contributed by atoms with Crippen LogP contribution < -0.4 is 5.32 Å². The lowest BCUT2D eigenvalue weighted by molar-refractivity contribution is -0.130. The van der Waals surface area contributed by atoms with E-state index in [1.54, 1.807) is 23.1 Å². The number of hydrogen-bond donors (Lipinski definition) is 1. The summed E-state index contributed by atoms with van der Waals surface area (Å²) in [6, 6.07) is 6.93. The molecule has 0 aromatic heterocycles. The number of carbonyl (C=O) groups is 1. The summed E-state index contributed by atoms with van der Waals surface area (Å²) in [7, 11) is -2.99. The summed E-state index contributed by atoms with van der Waals surface area (Å²) in [6.07, 6.45) is 0.527. The fourth-order valence-electron chi connectivity index (χ4n) is 2.54. The third-order valence-corrected chi connectivity index (χ3v) is 5.56. The van der Waals surface area contributed by atoms with Crippen molar-refractivity contribution in [2.24, 2.45) is 0 Å². The molecule has 1 aliphatic heterocycles. The fourth-order valence-corrected chi connectivity index (χ4v) is 4.46. The molecule has 1 unspecified atom stereocenters. The van der Waals surface area contributed by atoms with Gasteiger partial charge in [0.25, 0.3) is 0 Å². The van der Waals surface area contributed by atoms with Crippen molar-refractivity contribution in [3.05, 3.63) is 29.3 Å². The number of rotatable bonds is 5. The summed E-state index contributed by atoms with van der Waals surface area (Å²) >= 11 is 5.88. The van der Waals surface area contributed by atoms with Gasteiger partial charge < -0.3 is 10.2 Å². The van der Waals surface area contributed by atoms with Crippen LogP contribution in [0.2, 0.25) is 5.02 Å². The highest BCUT2D eigenvalue weighted by Crippen LogP contribution is 2.18. The van der Waals surface area contributed by atoms with Gasteiger partial charge in [0.2, 0.25) is 5.91 Å². The van der Waals surface area contributed by atoms with E-state index in [1.807, 2.05) is 13.0 Å². The van der Waals surface area contributed by atoms with E-state index in [1.165, 1.54) is 0 Å². The van der Waals surface area contributed by atoms with Gasteiger partial charge in [-0.25, -0.2) is 8.42 Å². The molecule has 1 fully saturated rings. The Morgan fingerprint density at radius 3 is 2.81 bits per heavy atom. The molecule has 1 aromatic carbocycles. The molecule has 1 amide bonds. The number of halogens is 1. The Morgan fingerprint density at radius 1 is 1.48 bits per heavy atom. The Morgan fingerprint density at radius 2 is 2.24 bits per heavy atom. The van der Waals surface area contributed by atoms with Crippen molar-refractivity contribution < 1.29 is 13.2 Å². The summed E-state index contributed by atoms with van der Waals surface area (Å²) in [5.41, 5.74) is 0.769.